The van der Waals surface area contributed by atoms with Gasteiger partial charge in [0.25, 0.3) is 5.91 Å². The number of carbonyl (C=O) groups is 1. The second kappa shape index (κ2) is 4.03. The lowest BCUT2D eigenvalue weighted by atomic mass is 10.1. The van der Waals surface area contributed by atoms with Gasteiger partial charge in [-0.3, -0.25) is 4.79 Å². The molecule has 15 heavy (non-hydrogen) atoms. The number of rotatable bonds is 3. The molecule has 2 rings (SSSR count). The molecule has 80 valence electrons. The molecular formula is C12H15NO2. The lowest BCUT2D eigenvalue weighted by Crippen LogP contribution is -2.21. The number of benzene rings is 1. The minimum absolute atomic E-state index is 0.0456. The maximum absolute atomic E-state index is 11.6. The number of nitrogens with zero attached hydrogens (tertiary/aromatic N) is 1. The molecule has 3 heteroatoms. The Bertz CT molecular complexity index is 352. The molecule has 1 fully saturated rings. The summed E-state index contributed by atoms with van der Waals surface area (Å²) in [7, 11) is 3.52. The van der Waals surface area contributed by atoms with Crippen LogP contribution in [0.4, 0.5) is 0 Å². The summed E-state index contributed by atoms with van der Waals surface area (Å²) in [6.45, 7) is 0.873. The number of hydrogen-bond donors (Lipinski definition) is 0. The monoisotopic (exact) mass is 205 g/mol. The highest BCUT2D eigenvalue weighted by molar-refractivity contribution is 5.93. The van der Waals surface area contributed by atoms with E-state index in [9.17, 15) is 4.79 Å². The highest BCUT2D eigenvalue weighted by atomic mass is 16.6. The Hall–Kier alpha value is -1.35. The quantitative estimate of drug-likeness (QED) is 0.697. The summed E-state index contributed by atoms with van der Waals surface area (Å²) in [5, 5.41) is 0. The van der Waals surface area contributed by atoms with Gasteiger partial charge < -0.3 is 9.64 Å². The molecule has 0 bridgehead atoms. The molecule has 1 aliphatic heterocycles. The highest BCUT2D eigenvalue weighted by Crippen LogP contribution is 2.16. The van der Waals surface area contributed by atoms with Crippen LogP contribution in [0.1, 0.15) is 15.9 Å². The lowest BCUT2D eigenvalue weighted by Gasteiger charge is -2.10. The van der Waals surface area contributed by atoms with Gasteiger partial charge in [0.05, 0.1) is 12.7 Å². The summed E-state index contributed by atoms with van der Waals surface area (Å²) in [5.41, 5.74) is 1.97. The van der Waals surface area contributed by atoms with E-state index in [1.54, 1.807) is 19.0 Å². The number of carbonyl (C=O) groups excluding carboxylic acids is 1. The summed E-state index contributed by atoms with van der Waals surface area (Å²) >= 11 is 0. The smallest absolute Gasteiger partial charge is 0.253 e. The van der Waals surface area contributed by atoms with Gasteiger partial charge in [0.15, 0.2) is 0 Å². The summed E-state index contributed by atoms with van der Waals surface area (Å²) < 4.78 is 5.15. The highest BCUT2D eigenvalue weighted by Gasteiger charge is 2.22. The first-order valence-electron chi connectivity index (χ1n) is 5.09. The van der Waals surface area contributed by atoms with Crippen LogP contribution < -0.4 is 0 Å². The fraction of sp³-hybridized carbons (Fsp3) is 0.417. The van der Waals surface area contributed by atoms with Crippen LogP contribution in [0.3, 0.4) is 0 Å². The molecule has 0 aromatic heterocycles. The Balaban J connectivity index is 2.05. The molecule has 0 N–H and O–H groups in total. The molecule has 1 unspecified atom stereocenters. The molecule has 0 saturated carbocycles. The normalized spacial score (nSPS) is 18.7. The van der Waals surface area contributed by atoms with Gasteiger partial charge in [-0.15, -0.1) is 0 Å². The Kier molecular flexibility index (Phi) is 2.73. The summed E-state index contributed by atoms with van der Waals surface area (Å²) in [4.78, 5) is 13.2. The first-order chi connectivity index (χ1) is 7.16. The van der Waals surface area contributed by atoms with Crippen molar-refractivity contribution in [3.05, 3.63) is 35.4 Å². The molecule has 0 spiro atoms. The first kappa shape index (κ1) is 10.2. The molecule has 1 heterocycles. The topological polar surface area (TPSA) is 32.8 Å². The maximum Gasteiger partial charge on any atom is 0.253 e. The molecule has 1 aromatic carbocycles. The molecular weight excluding hydrogens is 190 g/mol. The van der Waals surface area contributed by atoms with Crippen LogP contribution in [0.5, 0.6) is 0 Å². The van der Waals surface area contributed by atoms with Crippen molar-refractivity contribution in [3.63, 3.8) is 0 Å². The van der Waals surface area contributed by atoms with Crippen LogP contribution in [0.25, 0.3) is 0 Å². The second-order valence-electron chi connectivity index (χ2n) is 4.06. The van der Waals surface area contributed by atoms with Crippen molar-refractivity contribution in [2.75, 3.05) is 20.7 Å². The number of epoxide rings is 1. The van der Waals surface area contributed by atoms with Gasteiger partial charge in [-0.1, -0.05) is 12.1 Å². The largest absolute Gasteiger partial charge is 0.373 e. The maximum atomic E-state index is 11.6. The minimum Gasteiger partial charge on any atom is -0.373 e. The van der Waals surface area contributed by atoms with Gasteiger partial charge in [0.2, 0.25) is 0 Å². The molecule has 3 nitrogen and oxygen atoms in total. The van der Waals surface area contributed by atoms with Gasteiger partial charge in [-0.2, -0.15) is 0 Å². The molecule has 1 aromatic rings. The Morgan fingerprint density at radius 2 is 2.00 bits per heavy atom. The predicted molar refractivity (Wildman–Crippen MR) is 57.9 cm³/mol. The van der Waals surface area contributed by atoms with Crippen molar-refractivity contribution in [3.8, 4) is 0 Å². The predicted octanol–water partition coefficient (Wildman–Crippen LogP) is 1.33. The van der Waals surface area contributed by atoms with E-state index in [0.717, 1.165) is 18.6 Å². The van der Waals surface area contributed by atoms with Crippen LogP contribution in [-0.4, -0.2) is 37.6 Å². The van der Waals surface area contributed by atoms with Gasteiger partial charge in [0, 0.05) is 26.1 Å². The third-order valence-electron chi connectivity index (χ3n) is 2.47. The fourth-order valence-electron chi connectivity index (χ4n) is 1.49. The third-order valence-corrected chi connectivity index (χ3v) is 2.47. The molecule has 1 atom stereocenters. The zero-order chi connectivity index (χ0) is 10.8. The summed E-state index contributed by atoms with van der Waals surface area (Å²) in [6, 6.07) is 7.75. The van der Waals surface area contributed by atoms with E-state index in [0.29, 0.717) is 6.10 Å². The SMILES string of the molecule is CN(C)C(=O)c1ccc(CC2CO2)cc1. The molecule has 1 amide bonds. The van der Waals surface area contributed by atoms with E-state index in [2.05, 4.69) is 0 Å². The van der Waals surface area contributed by atoms with Gasteiger partial charge >= 0.3 is 0 Å². The standard InChI is InChI=1S/C12H15NO2/c1-13(2)12(14)10-5-3-9(4-6-10)7-11-8-15-11/h3-6,11H,7-8H2,1-2H3. The van der Waals surface area contributed by atoms with Crippen LogP contribution >= 0.6 is 0 Å². The Morgan fingerprint density at radius 3 is 2.47 bits per heavy atom. The lowest BCUT2D eigenvalue weighted by molar-refractivity contribution is 0.0827. The van der Waals surface area contributed by atoms with Crippen molar-refractivity contribution < 1.29 is 9.53 Å². The molecule has 0 aliphatic carbocycles. The zero-order valence-electron chi connectivity index (χ0n) is 9.06. The Labute approximate surface area is 89.7 Å². The second-order valence-corrected chi connectivity index (χ2v) is 4.06. The van der Waals surface area contributed by atoms with E-state index in [1.165, 1.54) is 5.56 Å². The molecule has 0 radical (unpaired) electrons. The van der Waals surface area contributed by atoms with Crippen molar-refractivity contribution in [1.82, 2.24) is 4.90 Å². The minimum atomic E-state index is 0.0456. The Morgan fingerprint density at radius 1 is 1.40 bits per heavy atom. The fourth-order valence-corrected chi connectivity index (χ4v) is 1.49. The van der Waals surface area contributed by atoms with Gasteiger partial charge in [0.1, 0.15) is 0 Å². The van der Waals surface area contributed by atoms with Crippen molar-refractivity contribution in [2.45, 2.75) is 12.5 Å². The van der Waals surface area contributed by atoms with Crippen LogP contribution in [0.15, 0.2) is 24.3 Å². The van der Waals surface area contributed by atoms with Crippen LogP contribution in [-0.2, 0) is 11.2 Å². The van der Waals surface area contributed by atoms with Crippen molar-refractivity contribution >= 4 is 5.91 Å². The van der Waals surface area contributed by atoms with E-state index in [4.69, 9.17) is 4.74 Å². The van der Waals surface area contributed by atoms with E-state index in [1.807, 2.05) is 24.3 Å². The molecule has 1 aliphatic rings. The van der Waals surface area contributed by atoms with Crippen LogP contribution in [0.2, 0.25) is 0 Å². The van der Waals surface area contributed by atoms with Crippen molar-refractivity contribution in [1.29, 1.82) is 0 Å². The zero-order valence-corrected chi connectivity index (χ0v) is 9.06. The summed E-state index contributed by atoms with van der Waals surface area (Å²) in [6.07, 6.45) is 1.36. The van der Waals surface area contributed by atoms with E-state index >= 15 is 0 Å². The van der Waals surface area contributed by atoms with E-state index in [-0.39, 0.29) is 5.91 Å². The van der Waals surface area contributed by atoms with Gasteiger partial charge in [-0.25, -0.2) is 0 Å². The average molecular weight is 205 g/mol. The number of ether oxygens (including phenoxy) is 1. The average Bonchev–Trinajstić information content (AvgIpc) is 3.02. The third kappa shape index (κ3) is 2.57. The molecule has 1 saturated heterocycles. The van der Waals surface area contributed by atoms with Gasteiger partial charge in [-0.05, 0) is 17.7 Å². The van der Waals surface area contributed by atoms with Crippen LogP contribution in [0, 0.1) is 0 Å². The summed E-state index contributed by atoms with van der Waals surface area (Å²) in [5.74, 6) is 0.0456. The van der Waals surface area contributed by atoms with Crippen molar-refractivity contribution in [2.24, 2.45) is 0 Å². The first-order valence-corrected chi connectivity index (χ1v) is 5.09. The number of hydrogen-bond acceptors (Lipinski definition) is 2. The number of amides is 1. The van der Waals surface area contributed by atoms with E-state index < -0.39 is 0 Å².